The van der Waals surface area contributed by atoms with Crippen molar-refractivity contribution in [3.05, 3.63) is 12.3 Å². The van der Waals surface area contributed by atoms with E-state index < -0.39 is 28.2 Å². The Labute approximate surface area is 96.6 Å². The van der Waals surface area contributed by atoms with E-state index in [-0.39, 0.29) is 0 Å². The highest BCUT2D eigenvalue weighted by Gasteiger charge is 2.32. The van der Waals surface area contributed by atoms with Crippen molar-refractivity contribution in [1.82, 2.24) is 4.23 Å². The van der Waals surface area contributed by atoms with E-state index in [1.54, 1.807) is 0 Å². The molecule has 0 saturated carbocycles. The third-order valence-corrected chi connectivity index (χ3v) is 12.6. The molecule has 0 bridgehead atoms. The van der Waals surface area contributed by atoms with E-state index in [4.69, 9.17) is 8.23 Å². The fourth-order valence-electron chi connectivity index (χ4n) is 1.41. The Balaban J connectivity index is 4.26. The molecule has 0 heterocycles. The maximum absolute atomic E-state index is 6.09. The molecule has 3 nitrogen and oxygen atoms in total. The summed E-state index contributed by atoms with van der Waals surface area (Å²) >= 11 is 0. The van der Waals surface area contributed by atoms with Crippen LogP contribution in [-0.4, -0.2) is 49.9 Å². The Morgan fingerprint density at radius 3 is 2.71 bits per heavy atom. The van der Waals surface area contributed by atoms with Crippen molar-refractivity contribution in [3.63, 3.8) is 0 Å². The van der Waals surface area contributed by atoms with Crippen molar-refractivity contribution in [2.45, 2.75) is 25.9 Å². The molecule has 0 aromatic carbocycles. The molecule has 7 heteroatoms. The highest BCUT2D eigenvalue weighted by Crippen LogP contribution is 2.16. The fourth-order valence-corrected chi connectivity index (χ4v) is 11.2. The predicted molar refractivity (Wildman–Crippen MR) is 73.9 cm³/mol. The summed E-state index contributed by atoms with van der Waals surface area (Å²) in [6, 6.07) is 1.21. The molecule has 0 saturated heterocycles. The molecule has 0 aromatic heterocycles. The average molecular weight is 266 g/mol. The molecule has 0 aromatic rings. The Morgan fingerprint density at radius 1 is 1.64 bits per heavy atom. The number of rotatable bonds is 8. The van der Waals surface area contributed by atoms with Crippen LogP contribution in [0, 0.1) is 0 Å². The standard InChI is InChI=1S/C7H23NO2Si4/c1-5-7-14(4,10-12-6-2)8(3)13-9-11/h6H,2,5,7,12-13H2,1,3-4,11H3. The van der Waals surface area contributed by atoms with E-state index in [1.807, 2.05) is 5.70 Å². The molecule has 0 aliphatic carbocycles. The molecule has 0 aliphatic rings. The van der Waals surface area contributed by atoms with Crippen molar-refractivity contribution in [2.75, 3.05) is 7.05 Å². The zero-order valence-corrected chi connectivity index (χ0v) is 15.7. The van der Waals surface area contributed by atoms with Crippen LogP contribution in [0.5, 0.6) is 0 Å². The van der Waals surface area contributed by atoms with Gasteiger partial charge in [0.25, 0.3) is 8.48 Å². The fraction of sp³-hybridized carbons (Fsp3) is 0.714. The first-order chi connectivity index (χ1) is 6.60. The summed E-state index contributed by atoms with van der Waals surface area (Å²) in [6.45, 7) is 8.29. The van der Waals surface area contributed by atoms with Crippen LogP contribution >= 0.6 is 0 Å². The predicted octanol–water partition coefficient (Wildman–Crippen LogP) is -1.06. The van der Waals surface area contributed by atoms with E-state index in [9.17, 15) is 0 Å². The van der Waals surface area contributed by atoms with Gasteiger partial charge in [-0.3, -0.25) is 0 Å². The van der Waals surface area contributed by atoms with Gasteiger partial charge in [0.15, 0.2) is 9.76 Å². The minimum Gasteiger partial charge on any atom is -0.457 e. The summed E-state index contributed by atoms with van der Waals surface area (Å²) in [4.78, 5) is 0. The van der Waals surface area contributed by atoms with Crippen LogP contribution in [0.3, 0.4) is 0 Å². The molecule has 0 fully saturated rings. The summed E-state index contributed by atoms with van der Waals surface area (Å²) < 4.78 is 13.9. The maximum atomic E-state index is 6.09. The van der Waals surface area contributed by atoms with Gasteiger partial charge in [-0.2, -0.15) is 0 Å². The topological polar surface area (TPSA) is 21.7 Å². The molecule has 84 valence electrons. The van der Waals surface area contributed by atoms with Crippen LogP contribution in [0.1, 0.15) is 13.3 Å². The van der Waals surface area contributed by atoms with Crippen molar-refractivity contribution < 1.29 is 8.23 Å². The summed E-state index contributed by atoms with van der Waals surface area (Å²) in [5, 5.41) is 0. The van der Waals surface area contributed by atoms with Crippen molar-refractivity contribution in [2.24, 2.45) is 0 Å². The first kappa shape index (κ1) is 14.5. The second-order valence-electron chi connectivity index (χ2n) is 3.64. The van der Waals surface area contributed by atoms with Gasteiger partial charge in [0.2, 0.25) is 9.92 Å². The van der Waals surface area contributed by atoms with Crippen molar-refractivity contribution >= 4 is 38.7 Å². The number of hydrogen-bond donors (Lipinski definition) is 0. The van der Waals surface area contributed by atoms with Gasteiger partial charge in [-0.15, -0.1) is 6.58 Å². The number of hydrogen-bond acceptors (Lipinski definition) is 3. The summed E-state index contributed by atoms with van der Waals surface area (Å²) in [5.74, 6) is 0. The van der Waals surface area contributed by atoms with E-state index in [0.29, 0.717) is 0 Å². The Morgan fingerprint density at radius 2 is 2.29 bits per heavy atom. The van der Waals surface area contributed by atoms with Gasteiger partial charge in [0.05, 0.1) is 0 Å². The molecular weight excluding hydrogens is 242 g/mol. The molecule has 0 aliphatic heterocycles. The monoisotopic (exact) mass is 265 g/mol. The van der Waals surface area contributed by atoms with Gasteiger partial charge in [-0.25, -0.2) is 0 Å². The summed E-state index contributed by atoms with van der Waals surface area (Å²) in [5.41, 5.74) is 1.97. The molecule has 0 rings (SSSR count). The zero-order valence-electron chi connectivity index (χ0n) is 9.88. The summed E-state index contributed by atoms with van der Waals surface area (Å²) in [7, 11) is 0.429. The molecule has 0 radical (unpaired) electrons. The van der Waals surface area contributed by atoms with Crippen LogP contribution in [-0.2, 0) is 8.23 Å². The second kappa shape index (κ2) is 7.74. The average Bonchev–Trinajstić information content (AvgIpc) is 2.15. The normalized spacial score (nSPS) is 17.4. The molecule has 1 atom stereocenters. The quantitative estimate of drug-likeness (QED) is 0.522. The van der Waals surface area contributed by atoms with E-state index >= 15 is 0 Å². The van der Waals surface area contributed by atoms with E-state index in [1.165, 1.54) is 12.5 Å². The van der Waals surface area contributed by atoms with Gasteiger partial charge in [0.1, 0.15) is 10.5 Å². The van der Waals surface area contributed by atoms with Gasteiger partial charge >= 0.3 is 0 Å². The lowest BCUT2D eigenvalue weighted by Gasteiger charge is -2.35. The minimum atomic E-state index is -1.61. The summed E-state index contributed by atoms with van der Waals surface area (Å²) in [6.07, 6.45) is 1.20. The molecule has 0 amide bonds. The Kier molecular flexibility index (Phi) is 8.01. The van der Waals surface area contributed by atoms with Crippen molar-refractivity contribution in [1.29, 1.82) is 0 Å². The van der Waals surface area contributed by atoms with E-state index in [0.717, 1.165) is 10.5 Å². The third kappa shape index (κ3) is 4.82. The minimum absolute atomic E-state index is 0.487. The molecule has 14 heavy (non-hydrogen) atoms. The van der Waals surface area contributed by atoms with Gasteiger partial charge in [0, 0.05) is 0 Å². The highest BCUT2D eigenvalue weighted by atomic mass is 28.4. The van der Waals surface area contributed by atoms with Crippen molar-refractivity contribution in [3.8, 4) is 0 Å². The first-order valence-corrected chi connectivity index (χ1v) is 11.0. The third-order valence-electron chi connectivity index (χ3n) is 2.36. The van der Waals surface area contributed by atoms with Crippen LogP contribution in [0.25, 0.3) is 0 Å². The lowest BCUT2D eigenvalue weighted by atomic mass is 10.6. The second-order valence-corrected chi connectivity index (χ2v) is 13.5. The van der Waals surface area contributed by atoms with Crippen LogP contribution < -0.4 is 0 Å². The molecule has 0 spiro atoms. The number of nitrogens with zero attached hydrogens (tertiary/aromatic N) is 1. The SMILES string of the molecule is C=C[SiH2]O[Si](C)(CCC)N(C)[SiH2]O[SiH3]. The highest BCUT2D eigenvalue weighted by molar-refractivity contribution is 6.78. The maximum Gasteiger partial charge on any atom is 0.252 e. The molecule has 0 N–H and O–H groups in total. The lowest BCUT2D eigenvalue weighted by molar-refractivity contribution is 0.477. The largest absolute Gasteiger partial charge is 0.457 e. The molecule has 1 unspecified atom stereocenters. The lowest BCUT2D eigenvalue weighted by Crippen LogP contribution is -2.54. The van der Waals surface area contributed by atoms with Crippen LogP contribution in [0.4, 0.5) is 0 Å². The van der Waals surface area contributed by atoms with Gasteiger partial charge in [-0.05, 0) is 19.6 Å². The Bertz CT molecular complexity index is 172. The van der Waals surface area contributed by atoms with E-state index in [2.05, 4.69) is 31.3 Å². The first-order valence-electron chi connectivity index (χ1n) is 5.05. The van der Waals surface area contributed by atoms with Gasteiger partial charge in [-0.1, -0.05) is 19.0 Å². The molecular formula is C7H23NO2Si4. The Hall–Kier alpha value is 0.488. The van der Waals surface area contributed by atoms with Crippen LogP contribution in [0.15, 0.2) is 12.3 Å². The van der Waals surface area contributed by atoms with Crippen LogP contribution in [0.2, 0.25) is 12.6 Å². The zero-order chi connectivity index (χ0) is 11.0. The smallest absolute Gasteiger partial charge is 0.252 e. The van der Waals surface area contributed by atoms with Gasteiger partial charge < -0.3 is 12.5 Å².